The molecule has 0 unspecified atom stereocenters. The predicted octanol–water partition coefficient (Wildman–Crippen LogP) is 0.956. The van der Waals surface area contributed by atoms with Gasteiger partial charge in [0.1, 0.15) is 18.1 Å². The van der Waals surface area contributed by atoms with Crippen LogP contribution in [0.4, 0.5) is 0 Å². The minimum atomic E-state index is -0.0234. The van der Waals surface area contributed by atoms with Gasteiger partial charge in [-0.05, 0) is 32.0 Å². The second-order valence-electron chi connectivity index (χ2n) is 4.41. The molecule has 4 heteroatoms. The number of nitrogens with zero attached hydrogens (tertiary/aromatic N) is 1. The lowest BCUT2D eigenvalue weighted by Crippen LogP contribution is -2.30. The molecule has 0 aromatic carbocycles. The maximum Gasteiger partial charge on any atom is 0.129 e. The molecule has 0 bridgehead atoms. The largest absolute Gasteiger partial charge is 0.462 e. The van der Waals surface area contributed by atoms with Gasteiger partial charge in [-0.15, -0.1) is 0 Å². The van der Waals surface area contributed by atoms with E-state index in [-0.39, 0.29) is 6.61 Å². The maximum atomic E-state index is 8.84. The van der Waals surface area contributed by atoms with Crippen LogP contribution in [0.3, 0.4) is 0 Å². The van der Waals surface area contributed by atoms with Crippen LogP contribution in [0.25, 0.3) is 0 Å². The fourth-order valence-electron chi connectivity index (χ4n) is 1.77. The van der Waals surface area contributed by atoms with E-state index in [0.717, 1.165) is 31.4 Å². The molecule has 0 spiro atoms. The molecule has 1 fully saturated rings. The highest BCUT2D eigenvalue weighted by molar-refractivity contribution is 5.05. The van der Waals surface area contributed by atoms with E-state index in [2.05, 4.69) is 17.3 Å². The van der Waals surface area contributed by atoms with Crippen LogP contribution in [0.15, 0.2) is 16.5 Å². The van der Waals surface area contributed by atoms with E-state index in [9.17, 15) is 0 Å². The van der Waals surface area contributed by atoms with Gasteiger partial charge in [0.05, 0.1) is 6.54 Å². The number of rotatable bonds is 7. The minimum Gasteiger partial charge on any atom is -0.462 e. The van der Waals surface area contributed by atoms with Crippen LogP contribution in [0.5, 0.6) is 0 Å². The highest BCUT2D eigenvalue weighted by atomic mass is 16.4. The van der Waals surface area contributed by atoms with Crippen molar-refractivity contribution in [3.8, 4) is 0 Å². The Balaban J connectivity index is 1.60. The summed E-state index contributed by atoms with van der Waals surface area (Å²) in [6.45, 7) is 2.77. The van der Waals surface area contributed by atoms with Crippen molar-refractivity contribution in [2.45, 2.75) is 32.0 Å². The minimum absolute atomic E-state index is 0.0234. The molecule has 0 saturated heterocycles. The van der Waals surface area contributed by atoms with Crippen LogP contribution in [0.2, 0.25) is 0 Å². The van der Waals surface area contributed by atoms with Crippen molar-refractivity contribution in [2.75, 3.05) is 20.1 Å². The van der Waals surface area contributed by atoms with Gasteiger partial charge in [-0.1, -0.05) is 0 Å². The van der Waals surface area contributed by atoms with Crippen molar-refractivity contribution in [1.29, 1.82) is 0 Å². The van der Waals surface area contributed by atoms with Crippen LogP contribution < -0.4 is 5.32 Å². The number of nitrogens with one attached hydrogen (secondary N) is 1. The molecule has 1 heterocycles. The van der Waals surface area contributed by atoms with Crippen molar-refractivity contribution in [1.82, 2.24) is 10.2 Å². The zero-order chi connectivity index (χ0) is 11.4. The van der Waals surface area contributed by atoms with Crippen LogP contribution >= 0.6 is 0 Å². The molecule has 2 N–H and O–H groups in total. The molecule has 1 aromatic rings. The lowest BCUT2D eigenvalue weighted by atomic mass is 10.4. The van der Waals surface area contributed by atoms with Gasteiger partial charge in [0.15, 0.2) is 0 Å². The molecule has 90 valence electrons. The summed E-state index contributed by atoms with van der Waals surface area (Å²) in [5, 5.41) is 12.2. The van der Waals surface area contributed by atoms with Gasteiger partial charge in [0, 0.05) is 19.1 Å². The zero-order valence-electron chi connectivity index (χ0n) is 9.78. The summed E-state index contributed by atoms with van der Waals surface area (Å²) in [5.74, 6) is 1.52. The summed E-state index contributed by atoms with van der Waals surface area (Å²) in [4.78, 5) is 2.40. The number of furan rings is 1. The van der Waals surface area contributed by atoms with E-state index in [1.807, 2.05) is 12.1 Å². The van der Waals surface area contributed by atoms with Crippen LogP contribution in [-0.2, 0) is 13.2 Å². The van der Waals surface area contributed by atoms with E-state index in [1.54, 1.807) is 0 Å². The molecule has 4 nitrogen and oxygen atoms in total. The van der Waals surface area contributed by atoms with Crippen molar-refractivity contribution < 1.29 is 9.52 Å². The predicted molar refractivity (Wildman–Crippen MR) is 62.0 cm³/mol. The Labute approximate surface area is 96.2 Å². The third-order valence-electron chi connectivity index (χ3n) is 2.98. The first-order chi connectivity index (χ1) is 7.79. The monoisotopic (exact) mass is 224 g/mol. The van der Waals surface area contributed by atoms with E-state index >= 15 is 0 Å². The molecule has 1 aromatic heterocycles. The molecule has 1 saturated carbocycles. The number of aliphatic hydroxyl groups excluding tert-OH is 1. The Kier molecular flexibility index (Phi) is 3.98. The first kappa shape index (κ1) is 11.6. The Hall–Kier alpha value is -0.840. The number of likely N-dealkylation sites (N-methyl/N-ethyl adjacent to an activating group) is 1. The molecule has 0 atom stereocenters. The van der Waals surface area contributed by atoms with Crippen molar-refractivity contribution >= 4 is 0 Å². The highest BCUT2D eigenvalue weighted by Crippen LogP contribution is 2.24. The van der Waals surface area contributed by atoms with Crippen LogP contribution in [0.1, 0.15) is 24.4 Å². The Morgan fingerprint density at radius 3 is 2.81 bits per heavy atom. The first-order valence-corrected chi connectivity index (χ1v) is 5.89. The summed E-state index contributed by atoms with van der Waals surface area (Å²) < 4.78 is 5.37. The molecule has 0 amide bonds. The number of hydrogen-bond acceptors (Lipinski definition) is 4. The Morgan fingerprint density at radius 1 is 1.44 bits per heavy atom. The van der Waals surface area contributed by atoms with Crippen LogP contribution in [-0.4, -0.2) is 36.2 Å². The molecule has 0 aliphatic heterocycles. The summed E-state index contributed by atoms with van der Waals surface area (Å²) in [6.07, 6.45) is 2.71. The van der Waals surface area contributed by atoms with E-state index in [4.69, 9.17) is 9.52 Å². The number of hydrogen-bond donors (Lipinski definition) is 2. The third kappa shape index (κ3) is 3.33. The van der Waals surface area contributed by atoms with Gasteiger partial charge in [-0.2, -0.15) is 0 Å². The summed E-state index contributed by atoms with van der Waals surface area (Å²) in [6, 6.07) is 4.54. The fourth-order valence-corrected chi connectivity index (χ4v) is 1.77. The molecule has 1 aliphatic carbocycles. The van der Waals surface area contributed by atoms with Gasteiger partial charge in [0.2, 0.25) is 0 Å². The highest BCUT2D eigenvalue weighted by Gasteiger charge is 2.25. The molecular formula is C12H20N2O2. The topological polar surface area (TPSA) is 48.6 Å². The summed E-state index contributed by atoms with van der Waals surface area (Å²) >= 11 is 0. The fraction of sp³-hybridized carbons (Fsp3) is 0.667. The average Bonchev–Trinajstić information content (AvgIpc) is 3.04. The van der Waals surface area contributed by atoms with Gasteiger partial charge in [0.25, 0.3) is 0 Å². The quantitative estimate of drug-likeness (QED) is 0.677. The normalized spacial score (nSPS) is 15.9. The first-order valence-electron chi connectivity index (χ1n) is 5.89. The van der Waals surface area contributed by atoms with E-state index < -0.39 is 0 Å². The van der Waals surface area contributed by atoms with Gasteiger partial charge in [-0.3, -0.25) is 0 Å². The molecular weight excluding hydrogens is 204 g/mol. The third-order valence-corrected chi connectivity index (χ3v) is 2.98. The lowest BCUT2D eigenvalue weighted by Gasteiger charge is -2.15. The van der Waals surface area contributed by atoms with Crippen molar-refractivity contribution in [3.05, 3.63) is 23.7 Å². The Morgan fingerprint density at radius 2 is 2.19 bits per heavy atom. The van der Waals surface area contributed by atoms with E-state index in [0.29, 0.717) is 5.76 Å². The van der Waals surface area contributed by atoms with Gasteiger partial charge in [-0.25, -0.2) is 0 Å². The standard InChI is InChI=1S/C12H20N2O2/c1-14(10-2-3-10)7-6-13-8-11-4-5-12(9-15)16-11/h4-5,10,13,15H,2-3,6-9H2,1H3. The van der Waals surface area contributed by atoms with E-state index in [1.165, 1.54) is 12.8 Å². The second-order valence-corrected chi connectivity index (χ2v) is 4.41. The second kappa shape index (κ2) is 5.48. The smallest absolute Gasteiger partial charge is 0.129 e. The molecule has 0 radical (unpaired) electrons. The zero-order valence-corrected chi connectivity index (χ0v) is 9.78. The van der Waals surface area contributed by atoms with Gasteiger partial charge >= 0.3 is 0 Å². The summed E-state index contributed by atoms with van der Waals surface area (Å²) in [5.41, 5.74) is 0. The molecule has 16 heavy (non-hydrogen) atoms. The van der Waals surface area contributed by atoms with Gasteiger partial charge < -0.3 is 19.7 Å². The SMILES string of the molecule is CN(CCNCc1ccc(CO)o1)C1CC1. The molecule has 1 aliphatic rings. The van der Waals surface area contributed by atoms with Crippen molar-refractivity contribution in [2.24, 2.45) is 0 Å². The maximum absolute atomic E-state index is 8.84. The van der Waals surface area contributed by atoms with Crippen molar-refractivity contribution in [3.63, 3.8) is 0 Å². The lowest BCUT2D eigenvalue weighted by molar-refractivity contribution is 0.242. The molecule has 2 rings (SSSR count). The Bertz CT molecular complexity index is 321. The average molecular weight is 224 g/mol. The van der Waals surface area contributed by atoms with Crippen LogP contribution in [0, 0.1) is 0 Å². The number of aliphatic hydroxyl groups is 1. The summed E-state index contributed by atoms with van der Waals surface area (Å²) in [7, 11) is 2.18.